The maximum atomic E-state index is 6.48. The van der Waals surface area contributed by atoms with Crippen molar-refractivity contribution in [2.75, 3.05) is 25.6 Å². The molecule has 1 atom stereocenters. The topological polar surface area (TPSA) is 12.5 Å². The Morgan fingerprint density at radius 2 is 1.84 bits per heavy atom. The average Bonchev–Trinajstić information content (AvgIpc) is 2.48. The standard InChI is InChI=1S/C16H18ClNO/c1-18(14-8-4-3-5-9-14)12-16(17)13-7-6-10-15(11-13)19-2/h3-11,16H,12H2,1-2H3. The van der Waals surface area contributed by atoms with Gasteiger partial charge >= 0.3 is 0 Å². The first kappa shape index (κ1) is 13.8. The molecule has 3 heteroatoms. The highest BCUT2D eigenvalue weighted by Gasteiger charge is 2.12. The van der Waals surface area contributed by atoms with Gasteiger partial charge in [0.2, 0.25) is 0 Å². The van der Waals surface area contributed by atoms with Crippen molar-refractivity contribution in [3.8, 4) is 5.75 Å². The highest BCUT2D eigenvalue weighted by molar-refractivity contribution is 6.21. The van der Waals surface area contributed by atoms with E-state index < -0.39 is 0 Å². The van der Waals surface area contributed by atoms with Crippen molar-refractivity contribution < 1.29 is 4.74 Å². The minimum atomic E-state index is -0.0692. The third-order valence-electron chi connectivity index (χ3n) is 3.09. The van der Waals surface area contributed by atoms with Crippen LogP contribution in [-0.4, -0.2) is 20.7 Å². The number of hydrogen-bond donors (Lipinski definition) is 0. The van der Waals surface area contributed by atoms with Gasteiger partial charge in [0.15, 0.2) is 0 Å². The van der Waals surface area contributed by atoms with Gasteiger partial charge in [-0.25, -0.2) is 0 Å². The molecule has 0 N–H and O–H groups in total. The molecule has 2 nitrogen and oxygen atoms in total. The third kappa shape index (κ3) is 3.65. The summed E-state index contributed by atoms with van der Waals surface area (Å²) < 4.78 is 5.22. The Morgan fingerprint density at radius 3 is 2.53 bits per heavy atom. The van der Waals surface area contributed by atoms with Crippen LogP contribution >= 0.6 is 11.6 Å². The molecular weight excluding hydrogens is 258 g/mol. The first-order valence-corrected chi connectivity index (χ1v) is 6.68. The summed E-state index contributed by atoms with van der Waals surface area (Å²) in [5.74, 6) is 0.838. The predicted molar refractivity (Wildman–Crippen MR) is 81.3 cm³/mol. The van der Waals surface area contributed by atoms with E-state index in [4.69, 9.17) is 16.3 Å². The van der Waals surface area contributed by atoms with Crippen LogP contribution in [0.15, 0.2) is 54.6 Å². The highest BCUT2D eigenvalue weighted by atomic mass is 35.5. The van der Waals surface area contributed by atoms with Crippen molar-refractivity contribution >= 4 is 17.3 Å². The van der Waals surface area contributed by atoms with E-state index in [1.54, 1.807) is 7.11 Å². The van der Waals surface area contributed by atoms with Crippen LogP contribution in [0.25, 0.3) is 0 Å². The van der Waals surface area contributed by atoms with Crippen molar-refractivity contribution in [1.82, 2.24) is 0 Å². The van der Waals surface area contributed by atoms with Gasteiger partial charge in [-0.15, -0.1) is 11.6 Å². The quantitative estimate of drug-likeness (QED) is 0.762. The lowest BCUT2D eigenvalue weighted by Crippen LogP contribution is -2.21. The Balaban J connectivity index is 2.06. The number of ether oxygens (including phenoxy) is 1. The van der Waals surface area contributed by atoms with Crippen molar-refractivity contribution in [2.45, 2.75) is 5.38 Å². The van der Waals surface area contributed by atoms with Crippen molar-refractivity contribution in [3.05, 3.63) is 60.2 Å². The van der Waals surface area contributed by atoms with Crippen LogP contribution in [-0.2, 0) is 0 Å². The molecule has 100 valence electrons. The molecule has 0 heterocycles. The van der Waals surface area contributed by atoms with Crippen LogP contribution in [0.4, 0.5) is 5.69 Å². The lowest BCUT2D eigenvalue weighted by Gasteiger charge is -2.22. The van der Waals surface area contributed by atoms with Gasteiger partial charge in [0, 0.05) is 19.3 Å². The molecule has 2 aromatic rings. The number of hydrogen-bond acceptors (Lipinski definition) is 2. The third-order valence-corrected chi connectivity index (χ3v) is 3.48. The lowest BCUT2D eigenvalue weighted by molar-refractivity contribution is 0.414. The molecule has 0 radical (unpaired) electrons. The smallest absolute Gasteiger partial charge is 0.119 e. The number of methoxy groups -OCH3 is 1. The molecule has 2 aromatic carbocycles. The number of alkyl halides is 1. The Bertz CT molecular complexity index is 515. The van der Waals surface area contributed by atoms with E-state index in [0.717, 1.165) is 23.5 Å². The zero-order valence-electron chi connectivity index (χ0n) is 11.2. The molecule has 0 aliphatic heterocycles. The van der Waals surface area contributed by atoms with E-state index in [9.17, 15) is 0 Å². The maximum absolute atomic E-state index is 6.48. The van der Waals surface area contributed by atoms with E-state index >= 15 is 0 Å². The average molecular weight is 276 g/mol. The first-order valence-electron chi connectivity index (χ1n) is 6.25. The van der Waals surface area contributed by atoms with Crippen molar-refractivity contribution in [3.63, 3.8) is 0 Å². The molecule has 0 bridgehead atoms. The van der Waals surface area contributed by atoms with Gasteiger partial charge in [0.05, 0.1) is 12.5 Å². The summed E-state index contributed by atoms with van der Waals surface area (Å²) in [5, 5.41) is -0.0692. The Hall–Kier alpha value is -1.67. The van der Waals surface area contributed by atoms with Crippen LogP contribution in [0.1, 0.15) is 10.9 Å². The predicted octanol–water partition coefficient (Wildman–Crippen LogP) is 4.11. The zero-order valence-corrected chi connectivity index (χ0v) is 12.0. The van der Waals surface area contributed by atoms with Gasteiger partial charge in [0.25, 0.3) is 0 Å². The molecule has 0 aromatic heterocycles. The molecule has 0 saturated carbocycles. The molecule has 0 fully saturated rings. The second-order valence-electron chi connectivity index (χ2n) is 4.46. The molecule has 0 spiro atoms. The van der Waals surface area contributed by atoms with Crippen LogP contribution in [0, 0.1) is 0 Å². The minimum absolute atomic E-state index is 0.0692. The summed E-state index contributed by atoms with van der Waals surface area (Å²) in [6.07, 6.45) is 0. The van der Waals surface area contributed by atoms with Gasteiger partial charge < -0.3 is 9.64 Å². The van der Waals surface area contributed by atoms with Gasteiger partial charge in [-0.2, -0.15) is 0 Å². The number of rotatable bonds is 5. The van der Waals surface area contributed by atoms with Gasteiger partial charge in [-0.05, 0) is 29.8 Å². The van der Waals surface area contributed by atoms with Gasteiger partial charge in [-0.1, -0.05) is 30.3 Å². The summed E-state index contributed by atoms with van der Waals surface area (Å²) in [6, 6.07) is 18.1. The Kier molecular flexibility index (Phi) is 4.69. The molecule has 2 rings (SSSR count). The lowest BCUT2D eigenvalue weighted by atomic mass is 10.1. The number of halogens is 1. The minimum Gasteiger partial charge on any atom is -0.497 e. The number of benzene rings is 2. The van der Waals surface area contributed by atoms with E-state index in [2.05, 4.69) is 17.0 Å². The molecule has 0 amide bonds. The van der Waals surface area contributed by atoms with Gasteiger partial charge in [0.1, 0.15) is 5.75 Å². The highest BCUT2D eigenvalue weighted by Crippen LogP contribution is 2.26. The fourth-order valence-electron chi connectivity index (χ4n) is 1.97. The fraction of sp³-hybridized carbons (Fsp3) is 0.250. The van der Waals surface area contributed by atoms with Crippen molar-refractivity contribution in [1.29, 1.82) is 0 Å². The summed E-state index contributed by atoms with van der Waals surface area (Å²) >= 11 is 6.48. The molecule has 19 heavy (non-hydrogen) atoms. The summed E-state index contributed by atoms with van der Waals surface area (Å²) in [7, 11) is 3.71. The van der Waals surface area contributed by atoms with Crippen molar-refractivity contribution in [2.24, 2.45) is 0 Å². The van der Waals surface area contributed by atoms with E-state index in [1.807, 2.05) is 49.5 Å². The zero-order chi connectivity index (χ0) is 13.7. The molecule has 0 aliphatic rings. The number of anilines is 1. The van der Waals surface area contributed by atoms with Crippen LogP contribution in [0.3, 0.4) is 0 Å². The molecule has 0 aliphatic carbocycles. The number of para-hydroxylation sites is 1. The van der Waals surface area contributed by atoms with Crippen LogP contribution in [0.2, 0.25) is 0 Å². The normalized spacial score (nSPS) is 11.9. The Labute approximate surface area is 119 Å². The Morgan fingerprint density at radius 1 is 1.11 bits per heavy atom. The second-order valence-corrected chi connectivity index (χ2v) is 4.99. The fourth-order valence-corrected chi connectivity index (χ4v) is 2.31. The van der Waals surface area contributed by atoms with E-state index in [-0.39, 0.29) is 5.38 Å². The summed E-state index contributed by atoms with van der Waals surface area (Å²) in [4.78, 5) is 2.15. The van der Waals surface area contributed by atoms with Crippen LogP contribution in [0.5, 0.6) is 5.75 Å². The largest absolute Gasteiger partial charge is 0.497 e. The monoisotopic (exact) mass is 275 g/mol. The number of likely N-dealkylation sites (N-methyl/N-ethyl adjacent to an activating group) is 1. The maximum Gasteiger partial charge on any atom is 0.119 e. The second kappa shape index (κ2) is 6.48. The number of nitrogens with zero attached hydrogens (tertiary/aromatic N) is 1. The first-order chi connectivity index (χ1) is 9.20. The van der Waals surface area contributed by atoms with Gasteiger partial charge in [-0.3, -0.25) is 0 Å². The molecule has 1 unspecified atom stereocenters. The summed E-state index contributed by atoms with van der Waals surface area (Å²) in [6.45, 7) is 0.749. The molecular formula is C16H18ClNO. The van der Waals surface area contributed by atoms with E-state index in [1.165, 1.54) is 0 Å². The SMILES string of the molecule is COc1cccc(C(Cl)CN(C)c2ccccc2)c1. The molecule has 0 saturated heterocycles. The van der Waals surface area contributed by atoms with E-state index in [0.29, 0.717) is 0 Å². The van der Waals surface area contributed by atoms with Crippen LogP contribution < -0.4 is 9.64 Å². The summed E-state index contributed by atoms with van der Waals surface area (Å²) in [5.41, 5.74) is 2.24.